The van der Waals surface area contributed by atoms with Crippen molar-refractivity contribution in [2.75, 3.05) is 0 Å². The molecule has 0 saturated carbocycles. The SMILES string of the molecule is Cc1cccc2c3ccccc3n(B3c4ccccc4-n4c5cc(C(C)(C)C)ccc5c5ccc(C(C)(C)C)c3c54)c12. The Morgan fingerprint density at radius 1 is 0.571 bits per heavy atom. The van der Waals surface area contributed by atoms with Crippen LogP contribution in [0.3, 0.4) is 0 Å². The summed E-state index contributed by atoms with van der Waals surface area (Å²) in [6, 6.07) is 36.8. The molecule has 0 fully saturated rings. The van der Waals surface area contributed by atoms with E-state index in [-0.39, 0.29) is 17.7 Å². The highest BCUT2D eigenvalue weighted by Gasteiger charge is 2.39. The summed E-state index contributed by atoms with van der Waals surface area (Å²) < 4.78 is 5.24. The van der Waals surface area contributed by atoms with Crippen molar-refractivity contribution in [2.24, 2.45) is 0 Å². The lowest BCUT2D eigenvalue weighted by Crippen LogP contribution is -2.55. The molecule has 7 aromatic rings. The number of hydrogen-bond donors (Lipinski definition) is 0. The van der Waals surface area contributed by atoms with Gasteiger partial charge in [-0.3, -0.25) is 0 Å². The Morgan fingerprint density at radius 2 is 1.24 bits per heavy atom. The van der Waals surface area contributed by atoms with Gasteiger partial charge in [-0.25, -0.2) is 0 Å². The zero-order valence-corrected chi connectivity index (χ0v) is 25.7. The van der Waals surface area contributed by atoms with E-state index in [1.165, 1.54) is 76.9 Å². The van der Waals surface area contributed by atoms with Gasteiger partial charge in [0.05, 0.1) is 11.0 Å². The summed E-state index contributed by atoms with van der Waals surface area (Å²) in [5.41, 5.74) is 13.5. The highest BCUT2D eigenvalue weighted by Crippen LogP contribution is 2.40. The third-order valence-corrected chi connectivity index (χ3v) is 9.58. The van der Waals surface area contributed by atoms with Crippen molar-refractivity contribution in [1.82, 2.24) is 9.05 Å². The van der Waals surface area contributed by atoms with Crippen molar-refractivity contribution in [3.63, 3.8) is 0 Å². The molecule has 3 heteroatoms. The Hall–Kier alpha value is -4.24. The summed E-state index contributed by atoms with van der Waals surface area (Å²) in [5.74, 6) is 0. The van der Waals surface area contributed by atoms with Crippen LogP contribution in [0.25, 0.3) is 49.3 Å². The quantitative estimate of drug-likeness (QED) is 0.183. The summed E-state index contributed by atoms with van der Waals surface area (Å²) in [4.78, 5) is 0. The predicted octanol–water partition coefficient (Wildman–Crippen LogP) is 8.76. The maximum absolute atomic E-state index is 2.66. The molecule has 8 rings (SSSR count). The van der Waals surface area contributed by atoms with Gasteiger partial charge in [0.15, 0.2) is 0 Å². The van der Waals surface area contributed by atoms with Crippen LogP contribution >= 0.6 is 0 Å². The molecular formula is C39H37BN2. The van der Waals surface area contributed by atoms with E-state index in [9.17, 15) is 0 Å². The van der Waals surface area contributed by atoms with Crippen LogP contribution in [0.5, 0.6) is 0 Å². The van der Waals surface area contributed by atoms with Gasteiger partial charge in [0.25, 0.3) is 0 Å². The second kappa shape index (κ2) is 8.41. The Bertz CT molecular complexity index is 2230. The van der Waals surface area contributed by atoms with Crippen LogP contribution in [0.15, 0.2) is 97.1 Å². The second-order valence-corrected chi connectivity index (χ2v) is 14.3. The average molecular weight is 545 g/mol. The van der Waals surface area contributed by atoms with Gasteiger partial charge in [-0.2, -0.15) is 0 Å². The van der Waals surface area contributed by atoms with E-state index < -0.39 is 0 Å². The van der Waals surface area contributed by atoms with Crippen molar-refractivity contribution < 1.29 is 0 Å². The summed E-state index contributed by atoms with van der Waals surface area (Å²) in [5, 5.41) is 5.31. The lowest BCUT2D eigenvalue weighted by atomic mass is 9.46. The van der Waals surface area contributed by atoms with E-state index in [4.69, 9.17) is 0 Å². The van der Waals surface area contributed by atoms with E-state index in [0.29, 0.717) is 0 Å². The molecule has 5 aromatic carbocycles. The van der Waals surface area contributed by atoms with Crippen LogP contribution in [-0.4, -0.2) is 15.9 Å². The molecule has 3 heterocycles. The fourth-order valence-corrected chi connectivity index (χ4v) is 7.62. The van der Waals surface area contributed by atoms with Crippen molar-refractivity contribution in [3.05, 3.63) is 114 Å². The molecule has 42 heavy (non-hydrogen) atoms. The van der Waals surface area contributed by atoms with Crippen LogP contribution in [0.2, 0.25) is 0 Å². The Balaban J connectivity index is 1.63. The number of rotatable bonds is 1. The first-order valence-electron chi connectivity index (χ1n) is 15.3. The van der Waals surface area contributed by atoms with Crippen LogP contribution in [0, 0.1) is 6.92 Å². The lowest BCUT2D eigenvalue weighted by molar-refractivity contribution is 0.591. The minimum atomic E-state index is -0.0281. The molecule has 1 aliphatic rings. The molecule has 0 radical (unpaired) electrons. The topological polar surface area (TPSA) is 9.86 Å². The van der Waals surface area contributed by atoms with Gasteiger partial charge in [0, 0.05) is 38.3 Å². The number of fused-ring (bicyclic) bond motifs is 8. The minimum absolute atomic E-state index is 0.0281. The van der Waals surface area contributed by atoms with Gasteiger partial charge >= 0.3 is 6.85 Å². The van der Waals surface area contributed by atoms with Gasteiger partial charge < -0.3 is 9.05 Å². The molecule has 0 bridgehead atoms. The molecule has 1 aliphatic heterocycles. The largest absolute Gasteiger partial charge is 0.376 e. The Morgan fingerprint density at radius 3 is 2.02 bits per heavy atom. The minimum Gasteiger partial charge on any atom is -0.376 e. The summed E-state index contributed by atoms with van der Waals surface area (Å²) in [7, 11) is 0. The fourth-order valence-electron chi connectivity index (χ4n) is 7.62. The molecule has 0 saturated heterocycles. The third kappa shape index (κ3) is 3.34. The monoisotopic (exact) mass is 544 g/mol. The first-order chi connectivity index (χ1) is 20.1. The van der Waals surface area contributed by atoms with Gasteiger partial charge in [-0.05, 0) is 63.6 Å². The molecular weight excluding hydrogens is 507 g/mol. The first kappa shape index (κ1) is 25.5. The zero-order valence-electron chi connectivity index (χ0n) is 25.7. The normalized spacial score (nSPS) is 13.5. The molecule has 2 aromatic heterocycles. The van der Waals surface area contributed by atoms with Gasteiger partial charge in [0.2, 0.25) is 0 Å². The van der Waals surface area contributed by atoms with Crippen LogP contribution in [0.4, 0.5) is 0 Å². The Labute approximate surface area is 248 Å². The number of hydrogen-bond acceptors (Lipinski definition) is 0. The summed E-state index contributed by atoms with van der Waals surface area (Å²) in [6.07, 6.45) is 0. The highest BCUT2D eigenvalue weighted by atomic mass is 15.0. The van der Waals surface area contributed by atoms with Gasteiger partial charge in [-0.1, -0.05) is 120 Å². The molecule has 0 amide bonds. The van der Waals surface area contributed by atoms with Crippen molar-refractivity contribution in [1.29, 1.82) is 0 Å². The van der Waals surface area contributed by atoms with Gasteiger partial charge in [0.1, 0.15) is 0 Å². The van der Waals surface area contributed by atoms with Crippen molar-refractivity contribution in [3.8, 4) is 5.69 Å². The number of aromatic nitrogens is 2. The number of para-hydroxylation sites is 3. The lowest BCUT2D eigenvalue weighted by Gasteiger charge is -2.33. The summed E-state index contributed by atoms with van der Waals surface area (Å²) in [6.45, 7) is 16.3. The van der Waals surface area contributed by atoms with E-state index in [0.717, 1.165) is 0 Å². The van der Waals surface area contributed by atoms with E-state index >= 15 is 0 Å². The maximum atomic E-state index is 2.66. The smallest absolute Gasteiger partial charge is 0.332 e. The van der Waals surface area contributed by atoms with Crippen molar-refractivity contribution in [2.45, 2.75) is 59.3 Å². The molecule has 0 spiro atoms. The molecule has 0 unspecified atom stereocenters. The maximum Gasteiger partial charge on any atom is 0.332 e. The number of aryl methyl sites for hydroxylation is 1. The predicted molar refractivity (Wildman–Crippen MR) is 183 cm³/mol. The van der Waals surface area contributed by atoms with Crippen molar-refractivity contribution >= 4 is 61.4 Å². The second-order valence-electron chi connectivity index (χ2n) is 14.3. The average Bonchev–Trinajstić information content (AvgIpc) is 3.47. The highest BCUT2D eigenvalue weighted by molar-refractivity contribution is 6.88. The van der Waals surface area contributed by atoms with Crippen LogP contribution in [0.1, 0.15) is 58.2 Å². The molecule has 0 aliphatic carbocycles. The Kier molecular flexibility index (Phi) is 5.10. The fraction of sp³-hybridized carbons (Fsp3) is 0.231. The standard InChI is InChI=1S/C39H37BN2/c1-24-13-12-15-28-26-14-8-10-17-32(26)42(36(24)28)40-31-16-9-11-18-33(31)41-34-23-25(38(2,3)4)19-20-27(34)29-21-22-30(39(5,6)7)35(40)37(29)41/h8-23H,1-7H3. The van der Waals surface area contributed by atoms with Crippen LogP contribution < -0.4 is 10.9 Å². The molecule has 0 N–H and O–H groups in total. The van der Waals surface area contributed by atoms with E-state index in [2.05, 4.69) is 155 Å². The first-order valence-corrected chi connectivity index (χ1v) is 15.3. The third-order valence-electron chi connectivity index (χ3n) is 9.58. The van der Waals surface area contributed by atoms with E-state index in [1.807, 2.05) is 0 Å². The number of nitrogens with zero attached hydrogens (tertiary/aromatic N) is 2. The summed E-state index contributed by atoms with van der Waals surface area (Å²) >= 11 is 0. The molecule has 0 atom stereocenters. The zero-order chi connectivity index (χ0) is 29.1. The number of benzene rings is 5. The van der Waals surface area contributed by atoms with Crippen LogP contribution in [-0.2, 0) is 10.8 Å². The molecule has 2 nitrogen and oxygen atoms in total. The van der Waals surface area contributed by atoms with Gasteiger partial charge in [-0.15, -0.1) is 0 Å². The molecule has 206 valence electrons. The van der Waals surface area contributed by atoms with E-state index in [1.54, 1.807) is 0 Å².